The minimum absolute atomic E-state index is 0.301. The van der Waals surface area contributed by atoms with Crippen LogP contribution in [0.25, 0.3) is 0 Å². The first-order valence-electron chi connectivity index (χ1n) is 5.77. The van der Waals surface area contributed by atoms with E-state index >= 15 is 0 Å². The third-order valence-electron chi connectivity index (χ3n) is 2.87. The highest BCUT2D eigenvalue weighted by Crippen LogP contribution is 2.25. The van der Waals surface area contributed by atoms with Crippen LogP contribution >= 0.6 is 0 Å². The van der Waals surface area contributed by atoms with Crippen LogP contribution in [0, 0.1) is 6.92 Å². The molecule has 1 saturated heterocycles. The van der Waals surface area contributed by atoms with Crippen molar-refractivity contribution in [3.05, 3.63) is 29.6 Å². The Morgan fingerprint density at radius 3 is 2.94 bits per heavy atom. The van der Waals surface area contributed by atoms with Crippen LogP contribution in [0.15, 0.2) is 18.3 Å². The standard InChI is InChI=1S/C12H15F2N3O/c1-8-2-3-9(5-15-8)6-16-11(18)10-4-12(13,14)7-17-10/h2-3,5,10,17H,4,6-7H2,1H3,(H,16,18). The number of aromatic nitrogens is 1. The lowest BCUT2D eigenvalue weighted by Crippen LogP contribution is -2.40. The van der Waals surface area contributed by atoms with Crippen molar-refractivity contribution in [2.75, 3.05) is 6.54 Å². The number of nitrogens with zero attached hydrogens (tertiary/aromatic N) is 1. The minimum Gasteiger partial charge on any atom is -0.351 e. The third-order valence-corrected chi connectivity index (χ3v) is 2.87. The summed E-state index contributed by atoms with van der Waals surface area (Å²) >= 11 is 0. The zero-order valence-corrected chi connectivity index (χ0v) is 10.0. The summed E-state index contributed by atoms with van der Waals surface area (Å²) < 4.78 is 25.8. The molecule has 6 heteroatoms. The molecule has 0 bridgehead atoms. The van der Waals surface area contributed by atoms with Gasteiger partial charge in [-0.2, -0.15) is 0 Å². The van der Waals surface area contributed by atoms with Crippen LogP contribution in [-0.2, 0) is 11.3 Å². The van der Waals surface area contributed by atoms with Gasteiger partial charge < -0.3 is 5.32 Å². The fourth-order valence-electron chi connectivity index (χ4n) is 1.82. The molecule has 1 aliphatic heterocycles. The van der Waals surface area contributed by atoms with Crippen LogP contribution in [-0.4, -0.2) is 29.4 Å². The summed E-state index contributed by atoms with van der Waals surface area (Å²) in [4.78, 5) is 15.7. The van der Waals surface area contributed by atoms with Gasteiger partial charge in [0, 0.05) is 24.9 Å². The van der Waals surface area contributed by atoms with Crippen molar-refractivity contribution in [2.24, 2.45) is 0 Å². The molecule has 1 aromatic heterocycles. The first kappa shape index (κ1) is 12.9. The van der Waals surface area contributed by atoms with Gasteiger partial charge in [-0.25, -0.2) is 8.78 Å². The Balaban J connectivity index is 1.84. The smallest absolute Gasteiger partial charge is 0.262 e. The maximum absolute atomic E-state index is 12.9. The Labute approximate surface area is 104 Å². The van der Waals surface area contributed by atoms with Gasteiger partial charge in [-0.15, -0.1) is 0 Å². The van der Waals surface area contributed by atoms with E-state index in [9.17, 15) is 13.6 Å². The van der Waals surface area contributed by atoms with E-state index in [1.165, 1.54) is 0 Å². The van der Waals surface area contributed by atoms with E-state index in [2.05, 4.69) is 15.6 Å². The number of carbonyl (C=O) groups excluding carboxylic acids is 1. The van der Waals surface area contributed by atoms with Crippen LogP contribution in [0.2, 0.25) is 0 Å². The number of rotatable bonds is 3. The molecule has 1 amide bonds. The highest BCUT2D eigenvalue weighted by atomic mass is 19.3. The topological polar surface area (TPSA) is 54.0 Å². The number of amides is 1. The molecule has 2 N–H and O–H groups in total. The van der Waals surface area contributed by atoms with Gasteiger partial charge in [-0.1, -0.05) is 6.07 Å². The fraction of sp³-hybridized carbons (Fsp3) is 0.500. The first-order valence-corrected chi connectivity index (χ1v) is 5.77. The van der Waals surface area contributed by atoms with Crippen molar-refractivity contribution in [1.82, 2.24) is 15.6 Å². The van der Waals surface area contributed by atoms with Gasteiger partial charge in [0.2, 0.25) is 5.91 Å². The SMILES string of the molecule is Cc1ccc(CNC(=O)C2CC(F)(F)CN2)cn1. The van der Waals surface area contributed by atoms with Gasteiger partial charge in [0.25, 0.3) is 5.92 Å². The number of nitrogens with one attached hydrogen (secondary N) is 2. The average molecular weight is 255 g/mol. The number of hydrogen-bond acceptors (Lipinski definition) is 3. The molecule has 1 atom stereocenters. The summed E-state index contributed by atoms with van der Waals surface area (Å²) in [5.74, 6) is -3.18. The van der Waals surface area contributed by atoms with Gasteiger partial charge >= 0.3 is 0 Å². The summed E-state index contributed by atoms with van der Waals surface area (Å²) in [6, 6.07) is 2.88. The van der Waals surface area contributed by atoms with Gasteiger partial charge in [0.05, 0.1) is 12.6 Å². The fourth-order valence-corrected chi connectivity index (χ4v) is 1.82. The van der Waals surface area contributed by atoms with E-state index in [-0.39, 0.29) is 0 Å². The zero-order valence-electron chi connectivity index (χ0n) is 10.0. The molecule has 0 radical (unpaired) electrons. The quantitative estimate of drug-likeness (QED) is 0.847. The molecule has 0 spiro atoms. The molecule has 98 valence electrons. The highest BCUT2D eigenvalue weighted by molar-refractivity contribution is 5.82. The lowest BCUT2D eigenvalue weighted by molar-refractivity contribution is -0.123. The lowest BCUT2D eigenvalue weighted by Gasteiger charge is -2.11. The van der Waals surface area contributed by atoms with Crippen molar-refractivity contribution >= 4 is 5.91 Å². The molecule has 0 saturated carbocycles. The normalized spacial score (nSPS) is 21.8. The molecular formula is C12H15F2N3O. The van der Waals surface area contributed by atoms with Crippen molar-refractivity contribution in [3.8, 4) is 0 Å². The Kier molecular flexibility index (Phi) is 3.56. The van der Waals surface area contributed by atoms with E-state index in [0.29, 0.717) is 6.54 Å². The van der Waals surface area contributed by atoms with E-state index in [1.807, 2.05) is 19.1 Å². The van der Waals surface area contributed by atoms with E-state index in [1.54, 1.807) is 6.20 Å². The molecule has 2 heterocycles. The highest BCUT2D eigenvalue weighted by Gasteiger charge is 2.42. The Bertz CT molecular complexity index is 433. The second kappa shape index (κ2) is 4.97. The molecule has 0 aromatic carbocycles. The summed E-state index contributed by atoms with van der Waals surface area (Å²) in [7, 11) is 0. The number of pyridine rings is 1. The van der Waals surface area contributed by atoms with Crippen molar-refractivity contribution in [3.63, 3.8) is 0 Å². The van der Waals surface area contributed by atoms with Crippen molar-refractivity contribution in [2.45, 2.75) is 31.9 Å². The summed E-state index contributed by atoms with van der Waals surface area (Å²) in [5, 5.41) is 5.14. The van der Waals surface area contributed by atoms with Gasteiger partial charge in [-0.05, 0) is 18.6 Å². The Hall–Kier alpha value is -1.56. The lowest BCUT2D eigenvalue weighted by atomic mass is 10.2. The molecule has 1 aromatic rings. The molecular weight excluding hydrogens is 240 g/mol. The second-order valence-electron chi connectivity index (χ2n) is 4.52. The molecule has 1 unspecified atom stereocenters. The number of aryl methyl sites for hydroxylation is 1. The van der Waals surface area contributed by atoms with Gasteiger partial charge in [0.1, 0.15) is 0 Å². The van der Waals surface area contributed by atoms with Crippen LogP contribution in [0.5, 0.6) is 0 Å². The zero-order chi connectivity index (χ0) is 13.2. The molecule has 0 aliphatic carbocycles. The number of alkyl halides is 2. The maximum Gasteiger partial charge on any atom is 0.262 e. The monoisotopic (exact) mass is 255 g/mol. The predicted octanol–water partition coefficient (Wildman–Crippen LogP) is 1.00. The molecule has 1 aliphatic rings. The van der Waals surface area contributed by atoms with Gasteiger partial charge in [-0.3, -0.25) is 15.1 Å². The third kappa shape index (κ3) is 3.22. The molecule has 4 nitrogen and oxygen atoms in total. The predicted molar refractivity (Wildman–Crippen MR) is 62.2 cm³/mol. The van der Waals surface area contributed by atoms with E-state index in [4.69, 9.17) is 0 Å². The summed E-state index contributed by atoms with van der Waals surface area (Å²) in [6.45, 7) is 1.74. The van der Waals surface area contributed by atoms with Gasteiger partial charge in [0.15, 0.2) is 0 Å². The van der Waals surface area contributed by atoms with Crippen molar-refractivity contribution in [1.29, 1.82) is 0 Å². The van der Waals surface area contributed by atoms with E-state index in [0.717, 1.165) is 11.3 Å². The second-order valence-corrected chi connectivity index (χ2v) is 4.52. The Morgan fingerprint density at radius 2 is 2.39 bits per heavy atom. The first-order chi connectivity index (χ1) is 8.46. The average Bonchev–Trinajstić information content (AvgIpc) is 2.69. The summed E-state index contributed by atoms with van der Waals surface area (Å²) in [5.41, 5.74) is 1.74. The van der Waals surface area contributed by atoms with Crippen LogP contribution in [0.4, 0.5) is 8.78 Å². The molecule has 1 fully saturated rings. The van der Waals surface area contributed by atoms with Crippen LogP contribution in [0.3, 0.4) is 0 Å². The summed E-state index contributed by atoms with van der Waals surface area (Å²) in [6.07, 6.45) is 1.22. The number of halogens is 2. The Morgan fingerprint density at radius 1 is 1.61 bits per heavy atom. The van der Waals surface area contributed by atoms with Crippen molar-refractivity contribution < 1.29 is 13.6 Å². The molecule has 2 rings (SSSR count). The maximum atomic E-state index is 12.9. The molecule has 18 heavy (non-hydrogen) atoms. The van der Waals surface area contributed by atoms with Crippen LogP contribution < -0.4 is 10.6 Å². The van der Waals surface area contributed by atoms with E-state index < -0.39 is 30.8 Å². The minimum atomic E-state index is -2.78. The number of hydrogen-bond donors (Lipinski definition) is 2. The number of carbonyl (C=O) groups is 1. The largest absolute Gasteiger partial charge is 0.351 e. The van der Waals surface area contributed by atoms with Crippen LogP contribution in [0.1, 0.15) is 17.7 Å².